The Balaban J connectivity index is 3.63. The summed E-state index contributed by atoms with van der Waals surface area (Å²) in [7, 11) is 0. The van der Waals surface area contributed by atoms with E-state index in [1.165, 1.54) is 0 Å². The molecule has 19 heavy (non-hydrogen) atoms. The predicted octanol–water partition coefficient (Wildman–Crippen LogP) is 0.969. The second-order valence-electron chi connectivity index (χ2n) is 4.02. The smallest absolute Gasteiger partial charge is 0.327 e. The molecule has 108 valence electrons. The van der Waals surface area contributed by atoms with Gasteiger partial charge in [-0.3, -0.25) is 0 Å². The third-order valence-electron chi connectivity index (χ3n) is 2.32. The lowest BCUT2D eigenvalue weighted by Gasteiger charge is -2.12. The number of urea groups is 1. The number of amides is 2. The summed E-state index contributed by atoms with van der Waals surface area (Å²) in [5, 5.41) is 13.6. The Morgan fingerprint density at radius 3 is 2.63 bits per heavy atom. The number of ether oxygens (including phenoxy) is 1. The number of carbonyl (C=O) groups is 2. The Labute approximate surface area is 113 Å². The standard InChI is InChI=1S/C13H22N2O4/c1-3-5-9-19-10-6-8-14-13(18)15-11(7-4-2)12(16)17/h2,11H,3,5-10H2,1H3,(H,16,17)(H2,14,15,18). The first-order valence-corrected chi connectivity index (χ1v) is 6.40. The van der Waals surface area contributed by atoms with Crippen molar-refractivity contribution in [1.29, 1.82) is 0 Å². The van der Waals surface area contributed by atoms with E-state index in [-0.39, 0.29) is 6.42 Å². The molecule has 0 spiro atoms. The Morgan fingerprint density at radius 2 is 2.05 bits per heavy atom. The van der Waals surface area contributed by atoms with Crippen molar-refractivity contribution in [3.8, 4) is 12.3 Å². The number of unbranched alkanes of at least 4 members (excludes halogenated alkanes) is 1. The molecule has 1 unspecified atom stereocenters. The van der Waals surface area contributed by atoms with Gasteiger partial charge in [-0.1, -0.05) is 13.3 Å². The molecule has 0 aromatic carbocycles. The molecule has 0 saturated heterocycles. The molecule has 0 bridgehead atoms. The van der Waals surface area contributed by atoms with E-state index >= 15 is 0 Å². The minimum absolute atomic E-state index is 0.0388. The number of aliphatic carboxylic acids is 1. The molecule has 0 aliphatic rings. The Kier molecular flexibility index (Phi) is 10.3. The van der Waals surface area contributed by atoms with Crippen molar-refractivity contribution in [1.82, 2.24) is 10.6 Å². The SMILES string of the molecule is C#CCC(NC(=O)NCCCOCCCC)C(=O)O. The maximum Gasteiger partial charge on any atom is 0.327 e. The number of hydrogen-bond acceptors (Lipinski definition) is 3. The van der Waals surface area contributed by atoms with Gasteiger partial charge in [-0.15, -0.1) is 12.3 Å². The normalized spacial score (nSPS) is 11.4. The molecule has 3 N–H and O–H groups in total. The lowest BCUT2D eigenvalue weighted by molar-refractivity contribution is -0.139. The summed E-state index contributed by atoms with van der Waals surface area (Å²) in [6.07, 6.45) is 7.78. The third-order valence-corrected chi connectivity index (χ3v) is 2.32. The average molecular weight is 270 g/mol. The van der Waals surface area contributed by atoms with Gasteiger partial charge in [0.1, 0.15) is 6.04 Å². The van der Waals surface area contributed by atoms with Gasteiger partial charge in [0.2, 0.25) is 0 Å². The van der Waals surface area contributed by atoms with E-state index in [0.29, 0.717) is 19.6 Å². The number of carboxylic acid groups (broad SMARTS) is 1. The van der Waals surface area contributed by atoms with Crippen LogP contribution in [0.25, 0.3) is 0 Å². The van der Waals surface area contributed by atoms with Crippen LogP contribution in [0.15, 0.2) is 0 Å². The molecule has 0 aromatic heterocycles. The van der Waals surface area contributed by atoms with Gasteiger partial charge in [-0.05, 0) is 12.8 Å². The highest BCUT2D eigenvalue weighted by molar-refractivity contribution is 5.82. The first-order chi connectivity index (χ1) is 9.11. The zero-order valence-corrected chi connectivity index (χ0v) is 11.3. The fourth-order valence-corrected chi connectivity index (χ4v) is 1.25. The summed E-state index contributed by atoms with van der Waals surface area (Å²) in [5.74, 6) is 1.06. The van der Waals surface area contributed by atoms with Crippen LogP contribution in [-0.2, 0) is 9.53 Å². The van der Waals surface area contributed by atoms with E-state index in [2.05, 4.69) is 23.5 Å². The second-order valence-corrected chi connectivity index (χ2v) is 4.02. The van der Waals surface area contributed by atoms with E-state index in [4.69, 9.17) is 16.3 Å². The number of nitrogens with one attached hydrogen (secondary N) is 2. The van der Waals surface area contributed by atoms with Crippen molar-refractivity contribution in [3.05, 3.63) is 0 Å². The van der Waals surface area contributed by atoms with Gasteiger partial charge in [0, 0.05) is 26.2 Å². The lowest BCUT2D eigenvalue weighted by Crippen LogP contribution is -2.46. The fraction of sp³-hybridized carbons (Fsp3) is 0.692. The van der Waals surface area contributed by atoms with Crippen LogP contribution in [0.3, 0.4) is 0 Å². The van der Waals surface area contributed by atoms with Crippen LogP contribution in [0.4, 0.5) is 4.79 Å². The summed E-state index contributed by atoms with van der Waals surface area (Å²) in [6, 6.07) is -1.58. The Morgan fingerprint density at radius 1 is 1.37 bits per heavy atom. The molecular weight excluding hydrogens is 248 g/mol. The first-order valence-electron chi connectivity index (χ1n) is 6.40. The zero-order valence-electron chi connectivity index (χ0n) is 11.3. The average Bonchev–Trinajstić information content (AvgIpc) is 2.37. The van der Waals surface area contributed by atoms with Crippen LogP contribution in [0, 0.1) is 12.3 Å². The van der Waals surface area contributed by atoms with Crippen LogP contribution >= 0.6 is 0 Å². The molecule has 0 saturated carbocycles. The van der Waals surface area contributed by atoms with Gasteiger partial charge in [-0.25, -0.2) is 9.59 Å². The van der Waals surface area contributed by atoms with Crippen molar-refractivity contribution in [2.45, 2.75) is 38.6 Å². The maximum absolute atomic E-state index is 11.4. The van der Waals surface area contributed by atoms with Crippen LogP contribution in [0.2, 0.25) is 0 Å². The lowest BCUT2D eigenvalue weighted by atomic mass is 10.2. The van der Waals surface area contributed by atoms with Gasteiger partial charge >= 0.3 is 12.0 Å². The van der Waals surface area contributed by atoms with E-state index < -0.39 is 18.0 Å². The van der Waals surface area contributed by atoms with Crippen molar-refractivity contribution in [2.75, 3.05) is 19.8 Å². The van der Waals surface area contributed by atoms with E-state index in [0.717, 1.165) is 19.4 Å². The van der Waals surface area contributed by atoms with Crippen LogP contribution in [-0.4, -0.2) is 42.9 Å². The van der Waals surface area contributed by atoms with Gasteiger partial charge in [-0.2, -0.15) is 0 Å². The van der Waals surface area contributed by atoms with Crippen LogP contribution < -0.4 is 10.6 Å². The molecule has 6 nitrogen and oxygen atoms in total. The van der Waals surface area contributed by atoms with Gasteiger partial charge in [0.05, 0.1) is 0 Å². The minimum atomic E-state index is -1.14. The highest BCUT2D eigenvalue weighted by Crippen LogP contribution is 1.91. The number of terminal acetylenes is 1. The van der Waals surface area contributed by atoms with Crippen molar-refractivity contribution < 1.29 is 19.4 Å². The minimum Gasteiger partial charge on any atom is -0.480 e. The summed E-state index contributed by atoms with van der Waals surface area (Å²) in [5.41, 5.74) is 0. The summed E-state index contributed by atoms with van der Waals surface area (Å²) >= 11 is 0. The molecule has 0 aliphatic carbocycles. The number of hydrogen-bond donors (Lipinski definition) is 3. The molecule has 0 aromatic rings. The topological polar surface area (TPSA) is 87.7 Å². The first kappa shape index (κ1) is 17.3. The highest BCUT2D eigenvalue weighted by Gasteiger charge is 2.17. The van der Waals surface area contributed by atoms with Crippen molar-refractivity contribution in [3.63, 3.8) is 0 Å². The predicted molar refractivity (Wildman–Crippen MR) is 71.8 cm³/mol. The quantitative estimate of drug-likeness (QED) is 0.408. The Hall–Kier alpha value is -1.74. The molecular formula is C13H22N2O4. The summed E-state index contributed by atoms with van der Waals surface area (Å²) in [6.45, 7) is 3.82. The largest absolute Gasteiger partial charge is 0.480 e. The maximum atomic E-state index is 11.4. The van der Waals surface area contributed by atoms with Crippen molar-refractivity contribution >= 4 is 12.0 Å². The number of carbonyl (C=O) groups excluding carboxylic acids is 1. The molecule has 0 aliphatic heterocycles. The van der Waals surface area contributed by atoms with E-state index in [9.17, 15) is 9.59 Å². The fourth-order valence-electron chi connectivity index (χ4n) is 1.25. The zero-order chi connectivity index (χ0) is 14.5. The molecule has 0 radical (unpaired) electrons. The van der Waals surface area contributed by atoms with Gasteiger partial charge in [0.15, 0.2) is 0 Å². The van der Waals surface area contributed by atoms with E-state index in [1.54, 1.807) is 0 Å². The van der Waals surface area contributed by atoms with Crippen LogP contribution in [0.5, 0.6) is 0 Å². The molecule has 2 amide bonds. The molecule has 6 heteroatoms. The van der Waals surface area contributed by atoms with Gasteiger partial charge in [0.25, 0.3) is 0 Å². The molecule has 0 fully saturated rings. The van der Waals surface area contributed by atoms with Gasteiger partial charge < -0.3 is 20.5 Å². The number of carboxylic acids is 1. The number of rotatable bonds is 10. The molecule has 1 atom stereocenters. The Bertz CT molecular complexity index is 312. The monoisotopic (exact) mass is 270 g/mol. The highest BCUT2D eigenvalue weighted by atomic mass is 16.5. The van der Waals surface area contributed by atoms with Crippen LogP contribution in [0.1, 0.15) is 32.6 Å². The molecule has 0 rings (SSSR count). The summed E-state index contributed by atoms with van der Waals surface area (Å²) < 4.78 is 5.32. The van der Waals surface area contributed by atoms with E-state index in [1.807, 2.05) is 0 Å². The molecule has 0 heterocycles. The van der Waals surface area contributed by atoms with Crippen molar-refractivity contribution in [2.24, 2.45) is 0 Å². The third kappa shape index (κ3) is 9.92. The summed E-state index contributed by atoms with van der Waals surface area (Å²) in [4.78, 5) is 22.1. The second kappa shape index (κ2) is 11.4.